The van der Waals surface area contributed by atoms with E-state index >= 15 is 0 Å². The predicted molar refractivity (Wildman–Crippen MR) is 99.0 cm³/mol. The van der Waals surface area contributed by atoms with Crippen molar-refractivity contribution in [2.24, 2.45) is 0 Å². The lowest BCUT2D eigenvalue weighted by atomic mass is 9.80. The van der Waals surface area contributed by atoms with Crippen molar-refractivity contribution < 1.29 is 9.53 Å². The molecule has 0 amide bonds. The Hall–Kier alpha value is -3.07. The molecule has 1 aliphatic heterocycles. The van der Waals surface area contributed by atoms with Gasteiger partial charge in [-0.25, -0.2) is 4.79 Å². The first-order chi connectivity index (χ1) is 12.1. The number of hydrogen-bond acceptors (Lipinski definition) is 3. The molecule has 0 bridgehead atoms. The van der Waals surface area contributed by atoms with E-state index in [4.69, 9.17) is 4.74 Å². The third-order valence-corrected chi connectivity index (χ3v) is 4.74. The molecule has 3 nitrogen and oxygen atoms in total. The number of hydrogen-bond donors (Lipinski definition) is 0. The average Bonchev–Trinajstić information content (AvgIpc) is 2.97. The van der Waals surface area contributed by atoms with Gasteiger partial charge in [0.05, 0.1) is 5.56 Å². The van der Waals surface area contributed by atoms with Crippen molar-refractivity contribution in [2.45, 2.75) is 5.60 Å². The van der Waals surface area contributed by atoms with Gasteiger partial charge in [-0.05, 0) is 18.2 Å². The minimum Gasteiger partial charge on any atom is -0.441 e. The van der Waals surface area contributed by atoms with Crippen LogP contribution in [0.2, 0.25) is 0 Å². The topological polar surface area (TPSA) is 29.5 Å². The van der Waals surface area contributed by atoms with Gasteiger partial charge in [-0.15, -0.1) is 0 Å². The number of rotatable bonds is 3. The van der Waals surface area contributed by atoms with Crippen LogP contribution >= 0.6 is 0 Å². The molecule has 1 unspecified atom stereocenters. The molecular formula is C22H19NO2. The highest BCUT2D eigenvalue weighted by atomic mass is 16.6. The van der Waals surface area contributed by atoms with E-state index in [0.717, 1.165) is 22.4 Å². The Morgan fingerprint density at radius 2 is 1.36 bits per heavy atom. The van der Waals surface area contributed by atoms with Crippen LogP contribution in [0.5, 0.6) is 0 Å². The molecule has 1 heterocycles. The van der Waals surface area contributed by atoms with E-state index in [1.54, 1.807) is 0 Å². The highest BCUT2D eigenvalue weighted by molar-refractivity contribution is 5.96. The summed E-state index contributed by atoms with van der Waals surface area (Å²) in [7, 11) is 4.01. The molecule has 0 saturated carbocycles. The number of carbonyl (C=O) groups is 1. The number of carbonyl (C=O) groups excluding carboxylic acids is 1. The van der Waals surface area contributed by atoms with Gasteiger partial charge in [0.1, 0.15) is 0 Å². The summed E-state index contributed by atoms with van der Waals surface area (Å²) in [5, 5.41) is 0. The van der Waals surface area contributed by atoms with Gasteiger partial charge in [0, 0.05) is 36.5 Å². The lowest BCUT2D eigenvalue weighted by molar-refractivity contribution is 0.0251. The molecule has 4 rings (SSSR count). The minimum absolute atomic E-state index is 0.281. The first-order valence-corrected chi connectivity index (χ1v) is 8.29. The molecule has 0 spiro atoms. The molecule has 124 valence electrons. The second kappa shape index (κ2) is 5.78. The van der Waals surface area contributed by atoms with Crippen LogP contribution in [0.4, 0.5) is 5.69 Å². The third-order valence-electron chi connectivity index (χ3n) is 4.74. The summed E-state index contributed by atoms with van der Waals surface area (Å²) >= 11 is 0. The van der Waals surface area contributed by atoms with Crippen LogP contribution in [-0.4, -0.2) is 20.1 Å². The maximum absolute atomic E-state index is 12.6. The van der Waals surface area contributed by atoms with Crippen molar-refractivity contribution >= 4 is 11.7 Å². The predicted octanol–water partition coefficient (Wildman–Crippen LogP) is 4.21. The Morgan fingerprint density at radius 3 is 2.04 bits per heavy atom. The summed E-state index contributed by atoms with van der Waals surface area (Å²) in [5.74, 6) is -0.281. The quantitative estimate of drug-likeness (QED) is 0.674. The minimum atomic E-state index is -0.903. The molecule has 0 aliphatic carbocycles. The molecule has 0 aromatic heterocycles. The lowest BCUT2D eigenvalue weighted by Crippen LogP contribution is -2.29. The SMILES string of the molecule is CN(C)c1ccc(C2(c3ccccc3)OC(=O)c3ccccc32)cc1. The summed E-state index contributed by atoms with van der Waals surface area (Å²) in [6, 6.07) is 25.7. The van der Waals surface area contributed by atoms with Crippen molar-refractivity contribution in [1.29, 1.82) is 0 Å². The van der Waals surface area contributed by atoms with Gasteiger partial charge < -0.3 is 9.64 Å². The second-order valence-electron chi connectivity index (χ2n) is 6.42. The van der Waals surface area contributed by atoms with Gasteiger partial charge in [0.25, 0.3) is 0 Å². The first-order valence-electron chi connectivity index (χ1n) is 8.29. The van der Waals surface area contributed by atoms with Crippen LogP contribution < -0.4 is 4.90 Å². The van der Waals surface area contributed by atoms with Gasteiger partial charge in [0.15, 0.2) is 5.60 Å². The Balaban J connectivity index is 1.98. The number of esters is 1. The first kappa shape index (κ1) is 15.5. The highest BCUT2D eigenvalue weighted by Crippen LogP contribution is 2.46. The third kappa shape index (κ3) is 2.31. The zero-order valence-electron chi connectivity index (χ0n) is 14.3. The van der Waals surface area contributed by atoms with Crippen LogP contribution in [-0.2, 0) is 10.3 Å². The fraction of sp³-hybridized carbons (Fsp3) is 0.136. The molecule has 3 heteroatoms. The van der Waals surface area contributed by atoms with E-state index in [1.165, 1.54) is 0 Å². The van der Waals surface area contributed by atoms with Crippen LogP contribution in [0.3, 0.4) is 0 Å². The average molecular weight is 329 g/mol. The lowest BCUT2D eigenvalue weighted by Gasteiger charge is -2.30. The molecular weight excluding hydrogens is 310 g/mol. The van der Waals surface area contributed by atoms with Crippen LogP contribution in [0.25, 0.3) is 0 Å². The zero-order valence-corrected chi connectivity index (χ0v) is 14.3. The molecule has 0 fully saturated rings. The molecule has 3 aromatic rings. The van der Waals surface area contributed by atoms with Crippen molar-refractivity contribution in [3.63, 3.8) is 0 Å². The molecule has 0 radical (unpaired) electrons. The number of benzene rings is 3. The van der Waals surface area contributed by atoms with E-state index in [2.05, 4.69) is 12.1 Å². The van der Waals surface area contributed by atoms with Gasteiger partial charge in [-0.2, -0.15) is 0 Å². The summed E-state index contributed by atoms with van der Waals surface area (Å²) < 4.78 is 6.04. The number of nitrogens with zero attached hydrogens (tertiary/aromatic N) is 1. The smallest absolute Gasteiger partial charge is 0.340 e. The summed E-state index contributed by atoms with van der Waals surface area (Å²) in [6.45, 7) is 0. The Morgan fingerprint density at radius 1 is 0.760 bits per heavy atom. The summed E-state index contributed by atoms with van der Waals surface area (Å²) in [5.41, 5.74) is 3.62. The van der Waals surface area contributed by atoms with E-state index in [9.17, 15) is 4.79 Å². The fourth-order valence-corrected chi connectivity index (χ4v) is 3.48. The van der Waals surface area contributed by atoms with E-state index in [1.807, 2.05) is 85.7 Å². The van der Waals surface area contributed by atoms with Gasteiger partial charge in [-0.3, -0.25) is 0 Å². The van der Waals surface area contributed by atoms with E-state index in [0.29, 0.717) is 5.56 Å². The summed E-state index contributed by atoms with van der Waals surface area (Å²) in [6.07, 6.45) is 0. The largest absolute Gasteiger partial charge is 0.441 e. The molecule has 25 heavy (non-hydrogen) atoms. The van der Waals surface area contributed by atoms with Crippen LogP contribution in [0, 0.1) is 0 Å². The van der Waals surface area contributed by atoms with Crippen LogP contribution in [0.1, 0.15) is 27.0 Å². The number of cyclic esters (lactones) is 1. The van der Waals surface area contributed by atoms with Crippen molar-refractivity contribution in [2.75, 3.05) is 19.0 Å². The molecule has 1 atom stereocenters. The fourth-order valence-electron chi connectivity index (χ4n) is 3.48. The van der Waals surface area contributed by atoms with Crippen molar-refractivity contribution in [1.82, 2.24) is 0 Å². The highest BCUT2D eigenvalue weighted by Gasteiger charge is 2.48. The van der Waals surface area contributed by atoms with Crippen LogP contribution in [0.15, 0.2) is 78.9 Å². The Kier molecular flexibility index (Phi) is 3.57. The maximum Gasteiger partial charge on any atom is 0.340 e. The van der Waals surface area contributed by atoms with Crippen molar-refractivity contribution in [3.05, 3.63) is 101 Å². The molecule has 0 N–H and O–H groups in total. The van der Waals surface area contributed by atoms with Gasteiger partial charge >= 0.3 is 5.97 Å². The van der Waals surface area contributed by atoms with Gasteiger partial charge in [-0.1, -0.05) is 60.7 Å². The number of anilines is 1. The Labute approximate surface area is 147 Å². The molecule has 1 aliphatic rings. The maximum atomic E-state index is 12.6. The molecule has 3 aromatic carbocycles. The molecule has 0 saturated heterocycles. The second-order valence-corrected chi connectivity index (χ2v) is 6.42. The monoisotopic (exact) mass is 329 g/mol. The zero-order chi connectivity index (χ0) is 17.4. The summed E-state index contributed by atoms with van der Waals surface area (Å²) in [4.78, 5) is 14.6. The number of ether oxygens (including phenoxy) is 1. The normalized spacial score (nSPS) is 18.6. The van der Waals surface area contributed by atoms with E-state index < -0.39 is 5.60 Å². The standard InChI is InChI=1S/C22H19NO2/c1-23(2)18-14-12-17(13-15-18)22(16-8-4-3-5-9-16)20-11-7-6-10-19(20)21(24)25-22/h3-15H,1-2H3. The number of fused-ring (bicyclic) bond motifs is 1. The van der Waals surface area contributed by atoms with Crippen molar-refractivity contribution in [3.8, 4) is 0 Å². The van der Waals surface area contributed by atoms with E-state index in [-0.39, 0.29) is 5.97 Å². The Bertz CT molecular complexity index is 916. The van der Waals surface area contributed by atoms with Gasteiger partial charge in [0.2, 0.25) is 0 Å².